The minimum atomic E-state index is -2.66. The number of aliphatic hydroxyl groups excluding tert-OH is 1. The first-order valence-corrected chi connectivity index (χ1v) is 5.57. The molecule has 0 spiro atoms. The molecule has 1 aromatic carbocycles. The summed E-state index contributed by atoms with van der Waals surface area (Å²) in [5, 5.41) is 10.3. The molecule has 1 nitrogen and oxygen atoms in total. The molecule has 1 unspecified atom stereocenters. The number of alkyl halides is 2. The van der Waals surface area contributed by atoms with Crippen molar-refractivity contribution in [3.05, 3.63) is 34.9 Å². The molecule has 90 valence electrons. The van der Waals surface area contributed by atoms with Gasteiger partial charge in [0, 0.05) is 11.4 Å². The van der Waals surface area contributed by atoms with Crippen LogP contribution in [0.4, 0.5) is 8.78 Å². The Morgan fingerprint density at radius 3 is 2.69 bits per heavy atom. The lowest BCUT2D eigenvalue weighted by Crippen LogP contribution is -2.09. The van der Waals surface area contributed by atoms with Crippen molar-refractivity contribution in [2.24, 2.45) is 0 Å². The van der Waals surface area contributed by atoms with Crippen LogP contribution in [0.5, 0.6) is 0 Å². The van der Waals surface area contributed by atoms with Crippen molar-refractivity contribution in [3.8, 4) is 0 Å². The molecule has 0 amide bonds. The van der Waals surface area contributed by atoms with Gasteiger partial charge in [0.05, 0.1) is 6.10 Å². The van der Waals surface area contributed by atoms with E-state index in [4.69, 9.17) is 11.6 Å². The van der Waals surface area contributed by atoms with Crippen LogP contribution in [-0.2, 0) is 0 Å². The molecule has 1 aromatic rings. The van der Waals surface area contributed by atoms with Crippen LogP contribution < -0.4 is 0 Å². The highest BCUT2D eigenvalue weighted by Gasteiger charge is 2.20. The van der Waals surface area contributed by atoms with Crippen LogP contribution in [0.25, 0.3) is 0 Å². The average Bonchev–Trinajstić information content (AvgIpc) is 2.15. The van der Waals surface area contributed by atoms with Crippen molar-refractivity contribution in [1.29, 1.82) is 0 Å². The molecule has 0 aromatic heterocycles. The Morgan fingerprint density at radius 2 is 2.12 bits per heavy atom. The fourth-order valence-corrected chi connectivity index (χ4v) is 1.69. The second kappa shape index (κ2) is 5.60. The van der Waals surface area contributed by atoms with Crippen molar-refractivity contribution in [2.45, 2.75) is 38.2 Å². The second-order valence-electron chi connectivity index (χ2n) is 4.03. The van der Waals surface area contributed by atoms with Crippen LogP contribution in [0.3, 0.4) is 0 Å². The summed E-state index contributed by atoms with van der Waals surface area (Å²) in [6, 6.07) is 6.82. The van der Waals surface area contributed by atoms with Crippen molar-refractivity contribution in [2.75, 3.05) is 0 Å². The molecule has 0 saturated carbocycles. The van der Waals surface area contributed by atoms with Gasteiger partial charge in [0.2, 0.25) is 5.92 Å². The number of hydrogen-bond acceptors (Lipinski definition) is 1. The molecule has 0 radical (unpaired) electrons. The average molecular weight is 249 g/mol. The van der Waals surface area contributed by atoms with Gasteiger partial charge >= 0.3 is 0 Å². The van der Waals surface area contributed by atoms with Gasteiger partial charge in [-0.25, -0.2) is 8.78 Å². The van der Waals surface area contributed by atoms with Crippen molar-refractivity contribution >= 4 is 11.6 Å². The van der Waals surface area contributed by atoms with Crippen LogP contribution in [0.2, 0.25) is 5.02 Å². The molecule has 0 saturated heterocycles. The maximum atomic E-state index is 12.5. The number of rotatable bonds is 5. The first-order valence-electron chi connectivity index (χ1n) is 5.20. The predicted molar refractivity (Wildman–Crippen MR) is 60.9 cm³/mol. The first kappa shape index (κ1) is 13.4. The molecule has 16 heavy (non-hydrogen) atoms. The summed E-state index contributed by atoms with van der Waals surface area (Å²) in [6.07, 6.45) is -0.313. The topological polar surface area (TPSA) is 20.2 Å². The molecule has 0 aliphatic rings. The zero-order chi connectivity index (χ0) is 12.2. The van der Waals surface area contributed by atoms with E-state index in [2.05, 4.69) is 0 Å². The number of halogens is 3. The third-order valence-electron chi connectivity index (χ3n) is 2.33. The Labute approximate surface area is 99.0 Å². The molecule has 1 N–H and O–H groups in total. The van der Waals surface area contributed by atoms with Gasteiger partial charge in [-0.15, -0.1) is 0 Å². The fourth-order valence-electron chi connectivity index (χ4n) is 1.49. The van der Waals surface area contributed by atoms with E-state index in [1.807, 2.05) is 0 Å². The van der Waals surface area contributed by atoms with E-state index >= 15 is 0 Å². The highest BCUT2D eigenvalue weighted by atomic mass is 35.5. The molecule has 4 heteroatoms. The molecule has 1 rings (SSSR count). The van der Waals surface area contributed by atoms with Gasteiger partial charge in [-0.3, -0.25) is 0 Å². The van der Waals surface area contributed by atoms with E-state index in [9.17, 15) is 13.9 Å². The number of hydrogen-bond donors (Lipinski definition) is 1. The van der Waals surface area contributed by atoms with E-state index in [1.54, 1.807) is 24.3 Å². The summed E-state index contributed by atoms with van der Waals surface area (Å²) in [6.45, 7) is 0.888. The molecule has 0 bridgehead atoms. The van der Waals surface area contributed by atoms with Crippen molar-refractivity contribution in [3.63, 3.8) is 0 Å². The minimum absolute atomic E-state index is 0.204. The van der Waals surface area contributed by atoms with Gasteiger partial charge in [0.25, 0.3) is 0 Å². The highest BCUT2D eigenvalue weighted by molar-refractivity contribution is 6.30. The van der Waals surface area contributed by atoms with Gasteiger partial charge in [0.1, 0.15) is 0 Å². The Balaban J connectivity index is 2.44. The predicted octanol–water partition coefficient (Wildman–Crippen LogP) is 4.20. The summed E-state index contributed by atoms with van der Waals surface area (Å²) in [5.41, 5.74) is 0.673. The maximum absolute atomic E-state index is 12.5. The van der Waals surface area contributed by atoms with Gasteiger partial charge in [-0.05, 0) is 37.5 Å². The quantitative estimate of drug-likeness (QED) is 0.828. The maximum Gasteiger partial charge on any atom is 0.245 e. The third-order valence-corrected chi connectivity index (χ3v) is 2.56. The largest absolute Gasteiger partial charge is 0.388 e. The highest BCUT2D eigenvalue weighted by Crippen LogP contribution is 2.25. The standard InChI is InChI=1S/C12H15ClF2O/c1-12(14,15)7-3-6-11(16)9-4-2-5-10(13)8-9/h2,4-5,8,11,16H,3,6-7H2,1H3. The normalized spacial score (nSPS) is 13.8. The smallest absolute Gasteiger partial charge is 0.245 e. The summed E-state index contributed by atoms with van der Waals surface area (Å²) in [5.74, 6) is -2.66. The number of aliphatic hydroxyl groups is 1. The molecular formula is C12H15ClF2O. The van der Waals surface area contributed by atoms with E-state index in [-0.39, 0.29) is 12.8 Å². The molecule has 0 aliphatic heterocycles. The number of benzene rings is 1. The summed E-state index contributed by atoms with van der Waals surface area (Å²) >= 11 is 5.76. The van der Waals surface area contributed by atoms with Gasteiger partial charge < -0.3 is 5.11 Å². The molecular weight excluding hydrogens is 234 g/mol. The molecule has 0 aliphatic carbocycles. The lowest BCUT2D eigenvalue weighted by Gasteiger charge is -2.13. The Kier molecular flexibility index (Phi) is 4.69. The second-order valence-corrected chi connectivity index (χ2v) is 4.47. The minimum Gasteiger partial charge on any atom is -0.388 e. The van der Waals surface area contributed by atoms with Crippen LogP contribution in [0, 0.1) is 0 Å². The zero-order valence-electron chi connectivity index (χ0n) is 9.09. The van der Waals surface area contributed by atoms with Gasteiger partial charge in [0.15, 0.2) is 0 Å². The summed E-state index contributed by atoms with van der Waals surface area (Å²) in [7, 11) is 0. The lowest BCUT2D eigenvalue weighted by atomic mass is 10.0. The van der Waals surface area contributed by atoms with E-state index in [0.29, 0.717) is 17.0 Å². The molecule has 0 fully saturated rings. The summed E-state index contributed by atoms with van der Waals surface area (Å²) in [4.78, 5) is 0. The van der Waals surface area contributed by atoms with E-state index < -0.39 is 12.0 Å². The van der Waals surface area contributed by atoms with Crippen LogP contribution in [0.1, 0.15) is 37.9 Å². The molecule has 0 heterocycles. The van der Waals surface area contributed by atoms with Crippen LogP contribution >= 0.6 is 11.6 Å². The third kappa shape index (κ3) is 4.90. The van der Waals surface area contributed by atoms with Crippen LogP contribution in [0.15, 0.2) is 24.3 Å². The molecule has 1 atom stereocenters. The Bertz CT molecular complexity index is 336. The fraction of sp³-hybridized carbons (Fsp3) is 0.500. The SMILES string of the molecule is CC(F)(F)CCCC(O)c1cccc(Cl)c1. The van der Waals surface area contributed by atoms with Gasteiger partial charge in [-0.2, -0.15) is 0 Å². The van der Waals surface area contributed by atoms with E-state index in [0.717, 1.165) is 6.92 Å². The Hall–Kier alpha value is -0.670. The summed E-state index contributed by atoms with van der Waals surface area (Å²) < 4.78 is 25.1. The first-order chi connectivity index (χ1) is 7.38. The van der Waals surface area contributed by atoms with Crippen molar-refractivity contribution in [1.82, 2.24) is 0 Å². The lowest BCUT2D eigenvalue weighted by molar-refractivity contribution is 0.00706. The monoisotopic (exact) mass is 248 g/mol. The van der Waals surface area contributed by atoms with Gasteiger partial charge in [-0.1, -0.05) is 23.7 Å². The van der Waals surface area contributed by atoms with E-state index in [1.165, 1.54) is 0 Å². The zero-order valence-corrected chi connectivity index (χ0v) is 9.85. The Morgan fingerprint density at radius 1 is 1.44 bits per heavy atom. The van der Waals surface area contributed by atoms with Crippen molar-refractivity contribution < 1.29 is 13.9 Å². The van der Waals surface area contributed by atoms with Crippen LogP contribution in [-0.4, -0.2) is 11.0 Å².